The maximum Gasteiger partial charge on any atom is 0.126 e. The molecule has 0 fully saturated rings. The van der Waals surface area contributed by atoms with Gasteiger partial charge in [-0.3, -0.25) is 0 Å². The highest BCUT2D eigenvalue weighted by Gasteiger charge is 2.27. The molecule has 42 heavy (non-hydrogen) atoms. The molecule has 1 aliphatic rings. The normalized spacial score (nSPS) is 12.7. The van der Waals surface area contributed by atoms with E-state index in [-0.39, 0.29) is 0 Å². The fourth-order valence-electron chi connectivity index (χ4n) is 5.76. The molecule has 0 spiro atoms. The summed E-state index contributed by atoms with van der Waals surface area (Å²) in [5, 5.41) is 0. The van der Waals surface area contributed by atoms with E-state index >= 15 is 0 Å². The zero-order valence-corrected chi connectivity index (χ0v) is 25.0. The van der Waals surface area contributed by atoms with Crippen LogP contribution in [0.15, 0.2) is 103 Å². The predicted molar refractivity (Wildman–Crippen MR) is 177 cm³/mol. The summed E-state index contributed by atoms with van der Waals surface area (Å²) in [6, 6.07) is 37.0. The average molecular weight is 552 g/mol. The van der Waals surface area contributed by atoms with Crippen LogP contribution in [0.4, 0.5) is 17.1 Å². The highest BCUT2D eigenvalue weighted by Crippen LogP contribution is 2.52. The summed E-state index contributed by atoms with van der Waals surface area (Å²) in [7, 11) is 3.47. The molecule has 0 bridgehead atoms. The Labute approximate surface area is 249 Å². The Kier molecular flexibility index (Phi) is 7.58. The second kappa shape index (κ2) is 11.6. The molecule has 3 heteroatoms. The highest BCUT2D eigenvalue weighted by molar-refractivity contribution is 6.03. The summed E-state index contributed by atoms with van der Waals surface area (Å²) in [6.45, 7) is 6.63. The number of methoxy groups -OCH3 is 2. The molecule has 0 radical (unpaired) electrons. The van der Waals surface area contributed by atoms with E-state index in [1.807, 2.05) is 6.07 Å². The fraction of sp³-hybridized carbons (Fsp3) is 0.179. The standard InChI is InChI=1S/C39H37NO2/c1-6-27(3)29-16-13-28(14-17-29)15-18-30-23-38-36(25-39(30)42-5)34-10-8-7-9-33(34)35-24-32(41-4)21-22-37(35)40(38)31-19-11-26(2)12-20-31/h7-25,27H,6H2,1-5H3. The fourth-order valence-corrected chi connectivity index (χ4v) is 5.76. The molecular formula is C39H37NO2. The molecule has 6 rings (SSSR count). The SMILES string of the molecule is CCC(C)c1ccc(C=Cc2cc3c(cc2OC)-c2ccccc2-c2cc(OC)ccc2N3c2ccc(C)cc2)cc1. The van der Waals surface area contributed by atoms with Crippen LogP contribution in [0, 0.1) is 6.92 Å². The van der Waals surface area contributed by atoms with Crippen LogP contribution in [0.1, 0.15) is 48.4 Å². The molecular weight excluding hydrogens is 514 g/mol. The van der Waals surface area contributed by atoms with Crippen molar-refractivity contribution in [2.24, 2.45) is 0 Å². The molecule has 0 N–H and O–H groups in total. The van der Waals surface area contributed by atoms with Crippen LogP contribution in [0.25, 0.3) is 34.4 Å². The Balaban J connectivity index is 1.56. The van der Waals surface area contributed by atoms with Crippen molar-refractivity contribution >= 4 is 29.2 Å². The van der Waals surface area contributed by atoms with Crippen molar-refractivity contribution in [3.8, 4) is 33.8 Å². The molecule has 3 nitrogen and oxygen atoms in total. The van der Waals surface area contributed by atoms with Crippen LogP contribution in [-0.4, -0.2) is 14.2 Å². The summed E-state index contributed by atoms with van der Waals surface area (Å²) in [4.78, 5) is 2.36. The number of anilines is 3. The smallest absolute Gasteiger partial charge is 0.126 e. The van der Waals surface area contributed by atoms with Gasteiger partial charge >= 0.3 is 0 Å². The summed E-state index contributed by atoms with van der Waals surface area (Å²) in [6.07, 6.45) is 5.47. The van der Waals surface area contributed by atoms with E-state index in [0.29, 0.717) is 5.92 Å². The monoisotopic (exact) mass is 551 g/mol. The lowest BCUT2D eigenvalue weighted by atomic mass is 9.93. The number of rotatable bonds is 7. The molecule has 1 aliphatic heterocycles. The van der Waals surface area contributed by atoms with E-state index in [4.69, 9.17) is 9.47 Å². The van der Waals surface area contributed by atoms with Crippen LogP contribution >= 0.6 is 0 Å². The van der Waals surface area contributed by atoms with E-state index < -0.39 is 0 Å². The average Bonchev–Trinajstić information content (AvgIpc) is 3.15. The third kappa shape index (κ3) is 5.07. The van der Waals surface area contributed by atoms with E-state index in [2.05, 4.69) is 135 Å². The van der Waals surface area contributed by atoms with E-state index in [0.717, 1.165) is 68.4 Å². The van der Waals surface area contributed by atoms with Gasteiger partial charge in [-0.05, 0) is 84.0 Å². The van der Waals surface area contributed by atoms with Crippen molar-refractivity contribution in [3.05, 3.63) is 125 Å². The molecule has 0 saturated carbocycles. The summed E-state index contributed by atoms with van der Waals surface area (Å²) in [5.74, 6) is 2.23. The third-order valence-electron chi connectivity index (χ3n) is 8.41. The van der Waals surface area contributed by atoms with Gasteiger partial charge in [0.25, 0.3) is 0 Å². The molecule has 1 atom stereocenters. The zero-order chi connectivity index (χ0) is 29.2. The van der Waals surface area contributed by atoms with Crippen molar-refractivity contribution in [2.45, 2.75) is 33.1 Å². The van der Waals surface area contributed by atoms with Crippen LogP contribution in [0.5, 0.6) is 11.5 Å². The Bertz CT molecular complexity index is 1750. The Morgan fingerprint density at radius 1 is 0.690 bits per heavy atom. The third-order valence-corrected chi connectivity index (χ3v) is 8.41. The minimum absolute atomic E-state index is 0.561. The first kappa shape index (κ1) is 27.4. The van der Waals surface area contributed by atoms with E-state index in [1.165, 1.54) is 11.1 Å². The zero-order valence-electron chi connectivity index (χ0n) is 25.0. The minimum Gasteiger partial charge on any atom is -0.497 e. The van der Waals surface area contributed by atoms with Crippen molar-refractivity contribution < 1.29 is 9.47 Å². The van der Waals surface area contributed by atoms with Crippen LogP contribution in [-0.2, 0) is 0 Å². The number of nitrogens with zero attached hydrogens (tertiary/aromatic N) is 1. The number of benzene rings is 5. The van der Waals surface area contributed by atoms with Crippen molar-refractivity contribution in [2.75, 3.05) is 19.1 Å². The first-order chi connectivity index (χ1) is 20.5. The first-order valence-electron chi connectivity index (χ1n) is 14.7. The molecule has 0 aromatic heterocycles. The maximum atomic E-state index is 6.00. The second-order valence-corrected chi connectivity index (χ2v) is 11.0. The summed E-state index contributed by atoms with van der Waals surface area (Å²) in [5.41, 5.74) is 12.7. The van der Waals surface area contributed by atoms with Gasteiger partial charge in [0.15, 0.2) is 0 Å². The van der Waals surface area contributed by atoms with Crippen molar-refractivity contribution in [3.63, 3.8) is 0 Å². The molecule has 5 aromatic carbocycles. The maximum absolute atomic E-state index is 6.00. The lowest BCUT2D eigenvalue weighted by Crippen LogP contribution is -2.11. The van der Waals surface area contributed by atoms with Crippen molar-refractivity contribution in [1.82, 2.24) is 0 Å². The molecule has 0 aliphatic carbocycles. The molecule has 1 unspecified atom stereocenters. The van der Waals surface area contributed by atoms with Gasteiger partial charge in [-0.1, -0.05) is 92.2 Å². The number of aryl methyl sites for hydroxylation is 1. The lowest BCUT2D eigenvalue weighted by Gasteiger charge is -2.28. The van der Waals surface area contributed by atoms with Crippen LogP contribution in [0.2, 0.25) is 0 Å². The molecule has 210 valence electrons. The largest absolute Gasteiger partial charge is 0.497 e. The summed E-state index contributed by atoms with van der Waals surface area (Å²) < 4.78 is 11.7. The van der Waals surface area contributed by atoms with Crippen LogP contribution < -0.4 is 14.4 Å². The molecule has 0 saturated heterocycles. The van der Waals surface area contributed by atoms with Crippen LogP contribution in [0.3, 0.4) is 0 Å². The molecule has 1 heterocycles. The molecule has 5 aromatic rings. The Morgan fingerprint density at radius 2 is 1.38 bits per heavy atom. The van der Waals surface area contributed by atoms with Crippen molar-refractivity contribution in [1.29, 1.82) is 0 Å². The topological polar surface area (TPSA) is 21.7 Å². The minimum atomic E-state index is 0.561. The number of fused-ring (bicyclic) bond motifs is 5. The van der Waals surface area contributed by atoms with E-state index in [1.54, 1.807) is 14.2 Å². The quantitative estimate of drug-likeness (QED) is 0.184. The second-order valence-electron chi connectivity index (χ2n) is 11.0. The number of hydrogen-bond acceptors (Lipinski definition) is 3. The Hall–Kier alpha value is -4.76. The van der Waals surface area contributed by atoms with E-state index in [9.17, 15) is 0 Å². The predicted octanol–water partition coefficient (Wildman–Crippen LogP) is 10.8. The number of ether oxygens (including phenoxy) is 2. The van der Waals surface area contributed by atoms with Gasteiger partial charge in [0.2, 0.25) is 0 Å². The van der Waals surface area contributed by atoms with Gasteiger partial charge in [-0.2, -0.15) is 0 Å². The Morgan fingerprint density at radius 3 is 2.02 bits per heavy atom. The van der Waals surface area contributed by atoms with Gasteiger partial charge in [0, 0.05) is 22.4 Å². The lowest BCUT2D eigenvalue weighted by molar-refractivity contribution is 0.414. The van der Waals surface area contributed by atoms with Gasteiger partial charge < -0.3 is 14.4 Å². The number of hydrogen-bond donors (Lipinski definition) is 0. The molecule has 0 amide bonds. The van der Waals surface area contributed by atoms with Gasteiger partial charge in [-0.25, -0.2) is 0 Å². The summed E-state index contributed by atoms with van der Waals surface area (Å²) >= 11 is 0. The first-order valence-corrected chi connectivity index (χ1v) is 14.7. The highest BCUT2D eigenvalue weighted by atomic mass is 16.5. The van der Waals surface area contributed by atoms with Gasteiger partial charge in [0.1, 0.15) is 11.5 Å². The van der Waals surface area contributed by atoms with Gasteiger partial charge in [0.05, 0.1) is 25.6 Å². The van der Waals surface area contributed by atoms with Gasteiger partial charge in [-0.15, -0.1) is 0 Å².